The van der Waals surface area contributed by atoms with Crippen molar-refractivity contribution in [2.45, 2.75) is 27.2 Å². The van der Waals surface area contributed by atoms with E-state index < -0.39 is 5.92 Å². The van der Waals surface area contributed by atoms with Gasteiger partial charge in [-0.05, 0) is 25.2 Å². The van der Waals surface area contributed by atoms with E-state index in [0.717, 1.165) is 19.5 Å². The maximum absolute atomic E-state index is 12.0. The third-order valence-electron chi connectivity index (χ3n) is 3.11. The van der Waals surface area contributed by atoms with Crippen LogP contribution in [0.15, 0.2) is 5.16 Å². The van der Waals surface area contributed by atoms with Crippen molar-refractivity contribution in [2.24, 2.45) is 28.6 Å². The van der Waals surface area contributed by atoms with Crippen molar-refractivity contribution in [2.75, 3.05) is 13.1 Å². The molecule has 0 radical (unpaired) electrons. The van der Waals surface area contributed by atoms with Gasteiger partial charge in [0.1, 0.15) is 0 Å². The largest absolute Gasteiger partial charge is 0.409 e. The minimum absolute atomic E-state index is 0.0177. The molecule has 0 aliphatic carbocycles. The molecule has 1 heterocycles. The molecule has 1 fully saturated rings. The summed E-state index contributed by atoms with van der Waals surface area (Å²) < 4.78 is 0. The Morgan fingerprint density at radius 2 is 1.94 bits per heavy atom. The number of amides is 1. The molecule has 5 heteroatoms. The van der Waals surface area contributed by atoms with Crippen molar-refractivity contribution < 1.29 is 10.0 Å². The number of nitrogens with zero attached hydrogens (tertiary/aromatic N) is 2. The molecule has 1 saturated heterocycles. The predicted octanol–water partition coefficient (Wildman–Crippen LogP) is 0.873. The van der Waals surface area contributed by atoms with Gasteiger partial charge in [-0.3, -0.25) is 4.79 Å². The van der Waals surface area contributed by atoms with Crippen LogP contribution in [-0.4, -0.2) is 34.9 Å². The smallest absolute Gasteiger partial charge is 0.233 e. The van der Waals surface area contributed by atoms with Crippen LogP contribution in [0.4, 0.5) is 0 Å². The summed E-state index contributed by atoms with van der Waals surface area (Å²) in [6.45, 7) is 7.49. The molecule has 1 rings (SSSR count). The van der Waals surface area contributed by atoms with Crippen LogP contribution in [-0.2, 0) is 4.79 Å². The summed E-state index contributed by atoms with van der Waals surface area (Å²) in [5.74, 6) is 0.437. The van der Waals surface area contributed by atoms with Gasteiger partial charge in [-0.15, -0.1) is 0 Å². The number of hydrogen-bond donors (Lipinski definition) is 2. The topological polar surface area (TPSA) is 78.9 Å². The van der Waals surface area contributed by atoms with Crippen LogP contribution in [0.3, 0.4) is 0 Å². The Morgan fingerprint density at radius 1 is 1.44 bits per heavy atom. The molecule has 0 aromatic heterocycles. The van der Waals surface area contributed by atoms with Gasteiger partial charge >= 0.3 is 0 Å². The summed E-state index contributed by atoms with van der Waals surface area (Å²) in [5, 5.41) is 11.4. The quantitative estimate of drug-likeness (QED) is 0.318. The van der Waals surface area contributed by atoms with Gasteiger partial charge in [0.25, 0.3) is 0 Å². The van der Waals surface area contributed by atoms with E-state index in [4.69, 9.17) is 10.9 Å². The third-order valence-corrected chi connectivity index (χ3v) is 3.11. The molecule has 1 aliphatic heterocycles. The second-order valence-corrected chi connectivity index (χ2v) is 4.94. The molecule has 16 heavy (non-hydrogen) atoms. The molecule has 0 saturated carbocycles. The van der Waals surface area contributed by atoms with Gasteiger partial charge in [-0.25, -0.2) is 0 Å². The summed E-state index contributed by atoms with van der Waals surface area (Å²) in [5.41, 5.74) is 5.45. The van der Waals surface area contributed by atoms with Gasteiger partial charge in [-0.2, -0.15) is 0 Å². The molecule has 92 valence electrons. The molecular weight excluding hydrogens is 206 g/mol. The highest BCUT2D eigenvalue weighted by molar-refractivity contribution is 6.01. The first kappa shape index (κ1) is 12.8. The molecular formula is C11H21N3O2. The number of hydrogen-bond acceptors (Lipinski definition) is 3. The fourth-order valence-electron chi connectivity index (χ4n) is 2.33. The average Bonchev–Trinajstić information content (AvgIpc) is 2.24. The maximum Gasteiger partial charge on any atom is 0.233 e. The van der Waals surface area contributed by atoms with Crippen molar-refractivity contribution >= 4 is 11.7 Å². The van der Waals surface area contributed by atoms with Gasteiger partial charge < -0.3 is 15.8 Å². The number of nitrogens with two attached hydrogens (primary N) is 1. The summed E-state index contributed by atoms with van der Waals surface area (Å²) in [4.78, 5) is 13.9. The lowest BCUT2D eigenvalue weighted by Crippen LogP contribution is -2.47. The number of carbonyl (C=O) groups is 1. The zero-order chi connectivity index (χ0) is 12.3. The second-order valence-electron chi connectivity index (χ2n) is 4.94. The number of amidine groups is 1. The Bertz CT molecular complexity index is 281. The van der Waals surface area contributed by atoms with E-state index in [0.29, 0.717) is 11.8 Å². The van der Waals surface area contributed by atoms with Crippen LogP contribution < -0.4 is 5.73 Å². The minimum atomic E-state index is -0.539. The fourth-order valence-corrected chi connectivity index (χ4v) is 2.33. The van der Waals surface area contributed by atoms with E-state index in [1.165, 1.54) is 0 Å². The normalized spacial score (nSPS) is 28.9. The summed E-state index contributed by atoms with van der Waals surface area (Å²) >= 11 is 0. The lowest BCUT2D eigenvalue weighted by Gasteiger charge is -2.36. The fraction of sp³-hybridized carbons (Fsp3) is 0.818. The molecule has 5 nitrogen and oxygen atoms in total. The van der Waals surface area contributed by atoms with E-state index >= 15 is 0 Å². The molecule has 3 N–H and O–H groups in total. The number of piperidine rings is 1. The second kappa shape index (κ2) is 5.18. The Balaban J connectivity index is 2.66. The number of carbonyl (C=O) groups excluding carboxylic acids is 1. The number of likely N-dealkylation sites (tertiary alicyclic amines) is 1. The van der Waals surface area contributed by atoms with E-state index in [1.807, 2.05) is 4.90 Å². The zero-order valence-electron chi connectivity index (χ0n) is 10.2. The van der Waals surface area contributed by atoms with Crippen LogP contribution in [0, 0.1) is 17.8 Å². The Kier molecular flexibility index (Phi) is 4.15. The first-order chi connectivity index (χ1) is 7.45. The SMILES string of the molecule is CC1CC(C)CN(C(=O)C(C)C(N)=NO)C1. The van der Waals surface area contributed by atoms with Crippen LogP contribution in [0.2, 0.25) is 0 Å². The highest BCUT2D eigenvalue weighted by Gasteiger charge is 2.29. The van der Waals surface area contributed by atoms with E-state index in [2.05, 4.69) is 19.0 Å². The van der Waals surface area contributed by atoms with E-state index in [9.17, 15) is 4.79 Å². The van der Waals surface area contributed by atoms with Crippen molar-refractivity contribution in [3.8, 4) is 0 Å². The summed E-state index contributed by atoms with van der Waals surface area (Å²) in [6.07, 6.45) is 1.15. The lowest BCUT2D eigenvalue weighted by atomic mass is 9.91. The van der Waals surface area contributed by atoms with Crippen molar-refractivity contribution in [1.29, 1.82) is 0 Å². The number of rotatable bonds is 2. The van der Waals surface area contributed by atoms with Gasteiger partial charge in [0.05, 0.1) is 5.92 Å². The first-order valence-electron chi connectivity index (χ1n) is 5.71. The summed E-state index contributed by atoms with van der Waals surface area (Å²) in [6, 6.07) is 0. The van der Waals surface area contributed by atoms with Crippen LogP contribution in [0.25, 0.3) is 0 Å². The van der Waals surface area contributed by atoms with Gasteiger partial charge in [-0.1, -0.05) is 19.0 Å². The maximum atomic E-state index is 12.0. The highest BCUT2D eigenvalue weighted by Crippen LogP contribution is 2.22. The molecule has 0 aromatic carbocycles. The third kappa shape index (κ3) is 2.87. The van der Waals surface area contributed by atoms with E-state index in [-0.39, 0.29) is 11.7 Å². The van der Waals surface area contributed by atoms with Gasteiger partial charge in [0.2, 0.25) is 5.91 Å². The van der Waals surface area contributed by atoms with Crippen LogP contribution in [0.5, 0.6) is 0 Å². The molecule has 0 bridgehead atoms. The van der Waals surface area contributed by atoms with Crippen molar-refractivity contribution in [3.05, 3.63) is 0 Å². The Hall–Kier alpha value is -1.26. The highest BCUT2D eigenvalue weighted by atomic mass is 16.4. The molecule has 3 atom stereocenters. The molecule has 0 spiro atoms. The summed E-state index contributed by atoms with van der Waals surface area (Å²) in [7, 11) is 0. The van der Waals surface area contributed by atoms with Crippen LogP contribution in [0.1, 0.15) is 27.2 Å². The van der Waals surface area contributed by atoms with Gasteiger partial charge in [0.15, 0.2) is 5.84 Å². The standard InChI is InChI=1S/C11H21N3O2/c1-7-4-8(2)6-14(5-7)11(15)9(3)10(12)13-16/h7-9,16H,4-6H2,1-3H3,(H2,12,13). The molecule has 1 aliphatic rings. The first-order valence-corrected chi connectivity index (χ1v) is 5.71. The van der Waals surface area contributed by atoms with Crippen molar-refractivity contribution in [1.82, 2.24) is 4.90 Å². The van der Waals surface area contributed by atoms with Gasteiger partial charge in [0, 0.05) is 13.1 Å². The monoisotopic (exact) mass is 227 g/mol. The Morgan fingerprint density at radius 3 is 2.38 bits per heavy atom. The van der Waals surface area contributed by atoms with Crippen LogP contribution >= 0.6 is 0 Å². The predicted molar refractivity (Wildman–Crippen MR) is 62.1 cm³/mol. The lowest BCUT2D eigenvalue weighted by molar-refractivity contribution is -0.135. The molecule has 1 amide bonds. The number of oxime groups is 1. The molecule has 0 aromatic rings. The molecule has 3 unspecified atom stereocenters. The minimum Gasteiger partial charge on any atom is -0.409 e. The van der Waals surface area contributed by atoms with E-state index in [1.54, 1.807) is 6.92 Å². The van der Waals surface area contributed by atoms with Crippen molar-refractivity contribution in [3.63, 3.8) is 0 Å². The Labute approximate surface area is 96.3 Å². The zero-order valence-corrected chi connectivity index (χ0v) is 10.2. The average molecular weight is 227 g/mol.